The van der Waals surface area contributed by atoms with Gasteiger partial charge in [0.1, 0.15) is 0 Å². The number of benzene rings is 2. The second-order valence-corrected chi connectivity index (χ2v) is 6.18. The van der Waals surface area contributed by atoms with E-state index in [4.69, 9.17) is 4.74 Å². The summed E-state index contributed by atoms with van der Waals surface area (Å²) >= 11 is 0. The van der Waals surface area contributed by atoms with Crippen molar-refractivity contribution in [1.82, 2.24) is 15.2 Å². The molecule has 1 aromatic heterocycles. The van der Waals surface area contributed by atoms with Crippen molar-refractivity contribution in [2.24, 2.45) is 5.10 Å². The van der Waals surface area contributed by atoms with Gasteiger partial charge in [-0.1, -0.05) is 12.1 Å². The highest BCUT2D eigenvalue weighted by molar-refractivity contribution is 5.93. The van der Waals surface area contributed by atoms with E-state index in [2.05, 4.69) is 15.6 Å². The molecule has 1 heterocycles. The van der Waals surface area contributed by atoms with Gasteiger partial charge in [-0.15, -0.1) is 0 Å². The molecule has 0 aliphatic carbocycles. The van der Waals surface area contributed by atoms with E-state index in [9.17, 15) is 20.0 Å². The van der Waals surface area contributed by atoms with Crippen LogP contribution in [0, 0.1) is 10.1 Å². The smallest absolute Gasteiger partial charge is 0.291 e. The fourth-order valence-electron chi connectivity index (χ4n) is 2.60. The van der Waals surface area contributed by atoms with Crippen molar-refractivity contribution < 1.29 is 19.6 Å². The summed E-state index contributed by atoms with van der Waals surface area (Å²) < 4.78 is 6.79. The fraction of sp³-hybridized carbons (Fsp3) is 0.150. The summed E-state index contributed by atoms with van der Waals surface area (Å²) in [5.41, 5.74) is 3.95. The van der Waals surface area contributed by atoms with E-state index in [0.29, 0.717) is 24.5 Å². The van der Waals surface area contributed by atoms with Crippen LogP contribution in [0.25, 0.3) is 0 Å². The van der Waals surface area contributed by atoms with E-state index in [1.165, 1.54) is 24.4 Å². The molecule has 3 rings (SSSR count). The summed E-state index contributed by atoms with van der Waals surface area (Å²) in [6.45, 7) is 2.62. The molecule has 10 nitrogen and oxygen atoms in total. The molecule has 0 bridgehead atoms. The van der Waals surface area contributed by atoms with Crippen molar-refractivity contribution in [2.75, 3.05) is 6.61 Å². The number of nitrogens with zero attached hydrogens (tertiary/aromatic N) is 4. The van der Waals surface area contributed by atoms with E-state index in [0.717, 1.165) is 5.56 Å². The van der Waals surface area contributed by atoms with Crippen LogP contribution in [0.2, 0.25) is 0 Å². The number of hydrogen-bond acceptors (Lipinski definition) is 7. The van der Waals surface area contributed by atoms with Gasteiger partial charge < -0.3 is 9.84 Å². The van der Waals surface area contributed by atoms with Crippen molar-refractivity contribution in [3.8, 4) is 11.5 Å². The highest BCUT2D eigenvalue weighted by Crippen LogP contribution is 2.26. The van der Waals surface area contributed by atoms with Gasteiger partial charge in [0.2, 0.25) is 0 Å². The lowest BCUT2D eigenvalue weighted by Crippen LogP contribution is -2.18. The molecule has 0 spiro atoms. The van der Waals surface area contributed by atoms with Crippen LogP contribution < -0.4 is 10.2 Å². The average molecular weight is 409 g/mol. The van der Waals surface area contributed by atoms with Crippen molar-refractivity contribution >= 4 is 17.8 Å². The first kappa shape index (κ1) is 20.5. The van der Waals surface area contributed by atoms with Gasteiger partial charge in [0.05, 0.1) is 24.3 Å². The molecular formula is C20H19N5O5. The van der Waals surface area contributed by atoms with E-state index < -0.39 is 10.8 Å². The first-order chi connectivity index (χ1) is 14.5. The maximum Gasteiger partial charge on any atom is 0.291 e. The van der Waals surface area contributed by atoms with Gasteiger partial charge in [-0.05, 0) is 42.3 Å². The van der Waals surface area contributed by atoms with Crippen LogP contribution in [0.1, 0.15) is 28.5 Å². The Morgan fingerprint density at radius 2 is 2.07 bits per heavy atom. The molecule has 1 amide bonds. The summed E-state index contributed by atoms with van der Waals surface area (Å²) in [7, 11) is 0. The Morgan fingerprint density at radius 1 is 1.30 bits per heavy atom. The third-order valence-corrected chi connectivity index (χ3v) is 4.03. The van der Waals surface area contributed by atoms with Crippen molar-refractivity contribution in [3.05, 3.63) is 81.7 Å². The first-order valence-corrected chi connectivity index (χ1v) is 9.02. The first-order valence-electron chi connectivity index (χ1n) is 9.02. The van der Waals surface area contributed by atoms with Crippen molar-refractivity contribution in [3.63, 3.8) is 0 Å². The van der Waals surface area contributed by atoms with Gasteiger partial charge in [-0.2, -0.15) is 10.2 Å². The van der Waals surface area contributed by atoms with Crippen LogP contribution in [0.5, 0.6) is 11.5 Å². The van der Waals surface area contributed by atoms with Gasteiger partial charge in [0.25, 0.3) is 11.6 Å². The minimum Gasteiger partial charge on any atom is -0.504 e. The van der Waals surface area contributed by atoms with Gasteiger partial charge in [0, 0.05) is 18.3 Å². The number of ether oxygens (including phenoxy) is 1. The van der Waals surface area contributed by atoms with Crippen LogP contribution in [-0.4, -0.2) is 38.5 Å². The summed E-state index contributed by atoms with van der Waals surface area (Å²) in [4.78, 5) is 22.4. The van der Waals surface area contributed by atoms with Crippen molar-refractivity contribution in [2.45, 2.75) is 13.5 Å². The molecule has 2 N–H and O–H groups in total. The number of nitrogens with one attached hydrogen (secondary N) is 1. The number of nitro groups is 1. The second-order valence-electron chi connectivity index (χ2n) is 6.18. The zero-order chi connectivity index (χ0) is 21.5. The fourth-order valence-corrected chi connectivity index (χ4v) is 2.60. The number of aromatic hydroxyl groups is 1. The highest BCUT2D eigenvalue weighted by atomic mass is 16.6. The molecule has 10 heteroatoms. The average Bonchev–Trinajstić information content (AvgIpc) is 3.19. The molecule has 0 atom stereocenters. The molecular weight excluding hydrogens is 390 g/mol. The molecule has 0 fully saturated rings. The number of nitro benzene ring substituents is 1. The SMILES string of the molecule is CCOc1ccc(/C=N/NC(=O)c2ccn(Cc3ccc([N+](=O)[O-])cc3)n2)cc1O. The molecule has 0 saturated heterocycles. The minimum atomic E-state index is -0.496. The Labute approximate surface area is 171 Å². The van der Waals surface area contributed by atoms with Gasteiger partial charge >= 0.3 is 0 Å². The van der Waals surface area contributed by atoms with Gasteiger partial charge in [-0.3, -0.25) is 19.6 Å². The molecule has 30 heavy (non-hydrogen) atoms. The summed E-state index contributed by atoms with van der Waals surface area (Å²) in [6.07, 6.45) is 3.02. The Hall–Kier alpha value is -4.21. The molecule has 0 radical (unpaired) electrons. The number of hydrazone groups is 1. The lowest BCUT2D eigenvalue weighted by atomic mass is 10.2. The standard InChI is InChI=1S/C20H19N5O5/c1-2-30-19-8-5-15(11-18(19)26)12-21-22-20(27)17-9-10-24(23-17)13-14-3-6-16(7-4-14)25(28)29/h3-12,26H,2,13H2,1H3,(H,22,27)/b21-12+. The Kier molecular flexibility index (Phi) is 6.38. The molecule has 2 aromatic carbocycles. The Balaban J connectivity index is 1.57. The maximum absolute atomic E-state index is 12.2. The largest absolute Gasteiger partial charge is 0.504 e. The monoisotopic (exact) mass is 409 g/mol. The number of carbonyl (C=O) groups excluding carboxylic acids is 1. The van der Waals surface area contributed by atoms with E-state index in [-0.39, 0.29) is 17.1 Å². The predicted molar refractivity (Wildman–Crippen MR) is 109 cm³/mol. The molecule has 0 saturated carbocycles. The zero-order valence-corrected chi connectivity index (χ0v) is 16.1. The third-order valence-electron chi connectivity index (χ3n) is 4.03. The van der Waals surface area contributed by atoms with Crippen LogP contribution >= 0.6 is 0 Å². The van der Waals surface area contributed by atoms with Crippen molar-refractivity contribution in [1.29, 1.82) is 0 Å². The number of non-ortho nitro benzene ring substituents is 1. The number of aromatic nitrogens is 2. The van der Waals surface area contributed by atoms with Gasteiger partial charge in [0.15, 0.2) is 17.2 Å². The molecule has 3 aromatic rings. The normalized spacial score (nSPS) is 10.8. The number of carbonyl (C=O) groups is 1. The Morgan fingerprint density at radius 3 is 2.73 bits per heavy atom. The zero-order valence-electron chi connectivity index (χ0n) is 16.1. The quantitative estimate of drug-likeness (QED) is 0.334. The summed E-state index contributed by atoms with van der Waals surface area (Å²) in [5.74, 6) is -0.141. The van der Waals surface area contributed by atoms with Crippen LogP contribution in [-0.2, 0) is 6.54 Å². The van der Waals surface area contributed by atoms with E-state index in [1.54, 1.807) is 41.2 Å². The maximum atomic E-state index is 12.2. The second kappa shape index (κ2) is 9.32. The third kappa shape index (κ3) is 5.19. The van der Waals surface area contributed by atoms with E-state index in [1.807, 2.05) is 6.92 Å². The number of hydrogen-bond donors (Lipinski definition) is 2. The number of rotatable bonds is 8. The minimum absolute atomic E-state index is 0.0120. The number of phenols is 1. The van der Waals surface area contributed by atoms with E-state index >= 15 is 0 Å². The Bertz CT molecular complexity index is 1080. The highest BCUT2D eigenvalue weighted by Gasteiger charge is 2.10. The number of amides is 1. The number of phenolic OH excluding ortho intramolecular Hbond substituents is 1. The lowest BCUT2D eigenvalue weighted by molar-refractivity contribution is -0.384. The molecule has 0 unspecified atom stereocenters. The van der Waals surface area contributed by atoms with Gasteiger partial charge in [-0.25, -0.2) is 5.43 Å². The topological polar surface area (TPSA) is 132 Å². The van der Waals surface area contributed by atoms with Crippen LogP contribution in [0.15, 0.2) is 59.8 Å². The summed E-state index contributed by atoms with van der Waals surface area (Å²) in [5, 5.41) is 28.6. The predicted octanol–water partition coefficient (Wildman–Crippen LogP) is 2.71. The van der Waals surface area contributed by atoms with Crippen LogP contribution in [0.3, 0.4) is 0 Å². The summed E-state index contributed by atoms with van der Waals surface area (Å²) in [6, 6.07) is 12.4. The lowest BCUT2D eigenvalue weighted by Gasteiger charge is -2.05. The molecule has 0 aliphatic rings. The molecule has 154 valence electrons. The molecule has 0 aliphatic heterocycles. The van der Waals surface area contributed by atoms with Crippen LogP contribution in [0.4, 0.5) is 5.69 Å².